The SMILES string of the molecule is CCN(CC)c1ccc(C(=O)NNC(=O)C[C@@H]2C[C@@H]3CC[C@@H]2C3)cc1. The summed E-state index contributed by atoms with van der Waals surface area (Å²) in [5.74, 6) is 1.71. The van der Waals surface area contributed by atoms with Crippen molar-refractivity contribution in [2.24, 2.45) is 17.8 Å². The van der Waals surface area contributed by atoms with Crippen molar-refractivity contribution < 1.29 is 9.59 Å². The lowest BCUT2D eigenvalue weighted by molar-refractivity contribution is -0.123. The summed E-state index contributed by atoms with van der Waals surface area (Å²) in [4.78, 5) is 26.5. The molecule has 1 aromatic rings. The molecule has 2 aliphatic rings. The smallest absolute Gasteiger partial charge is 0.269 e. The first-order valence-electron chi connectivity index (χ1n) is 9.54. The maximum atomic E-state index is 12.2. The van der Waals surface area contributed by atoms with Gasteiger partial charge in [-0.15, -0.1) is 0 Å². The average Bonchev–Trinajstić information content (AvgIpc) is 3.24. The fraction of sp³-hybridized carbons (Fsp3) is 0.600. The van der Waals surface area contributed by atoms with Crippen molar-refractivity contribution in [2.75, 3.05) is 18.0 Å². The number of carbonyl (C=O) groups is 2. The minimum absolute atomic E-state index is 0.0781. The van der Waals surface area contributed by atoms with E-state index in [1.807, 2.05) is 12.1 Å². The quantitative estimate of drug-likeness (QED) is 0.780. The predicted molar refractivity (Wildman–Crippen MR) is 99.2 cm³/mol. The lowest BCUT2D eigenvalue weighted by atomic mass is 9.86. The molecule has 3 atom stereocenters. The van der Waals surface area contributed by atoms with Crippen LogP contribution < -0.4 is 15.8 Å². The van der Waals surface area contributed by atoms with Gasteiger partial charge in [-0.05, 0) is 75.1 Å². The summed E-state index contributed by atoms with van der Waals surface area (Å²) in [6, 6.07) is 7.48. The fourth-order valence-corrected chi connectivity index (χ4v) is 4.53. The number of hydrogen-bond donors (Lipinski definition) is 2. The number of benzene rings is 1. The predicted octanol–water partition coefficient (Wildman–Crippen LogP) is 3.12. The summed E-state index contributed by atoms with van der Waals surface area (Å²) >= 11 is 0. The van der Waals surface area contributed by atoms with Gasteiger partial charge in [-0.25, -0.2) is 0 Å². The molecular weight excluding hydrogens is 314 g/mol. The van der Waals surface area contributed by atoms with Crippen LogP contribution in [0.1, 0.15) is 56.3 Å². The Morgan fingerprint density at radius 3 is 2.32 bits per heavy atom. The van der Waals surface area contributed by atoms with Gasteiger partial charge in [0.1, 0.15) is 0 Å². The second-order valence-electron chi connectivity index (χ2n) is 7.36. The van der Waals surface area contributed by atoms with Crippen LogP contribution in [0.3, 0.4) is 0 Å². The minimum atomic E-state index is -0.271. The van der Waals surface area contributed by atoms with Crippen LogP contribution in [0, 0.1) is 17.8 Å². The van der Waals surface area contributed by atoms with Gasteiger partial charge in [0.15, 0.2) is 0 Å². The molecule has 2 bridgehead atoms. The van der Waals surface area contributed by atoms with Crippen LogP contribution in [0.4, 0.5) is 5.69 Å². The second-order valence-corrected chi connectivity index (χ2v) is 7.36. The van der Waals surface area contributed by atoms with Crippen LogP contribution in [-0.4, -0.2) is 24.9 Å². The van der Waals surface area contributed by atoms with Crippen molar-refractivity contribution in [2.45, 2.75) is 46.0 Å². The summed E-state index contributed by atoms with van der Waals surface area (Å²) in [5.41, 5.74) is 6.77. The zero-order chi connectivity index (χ0) is 17.8. The van der Waals surface area contributed by atoms with Gasteiger partial charge in [-0.2, -0.15) is 0 Å². The molecule has 0 radical (unpaired) electrons. The van der Waals surface area contributed by atoms with E-state index in [2.05, 4.69) is 29.6 Å². The topological polar surface area (TPSA) is 61.4 Å². The van der Waals surface area contributed by atoms with Gasteiger partial charge in [-0.1, -0.05) is 6.42 Å². The highest BCUT2D eigenvalue weighted by atomic mass is 16.2. The van der Waals surface area contributed by atoms with Crippen LogP contribution in [0.5, 0.6) is 0 Å². The number of hydrazine groups is 1. The Labute approximate surface area is 150 Å². The first-order chi connectivity index (χ1) is 12.1. The first kappa shape index (κ1) is 17.8. The largest absolute Gasteiger partial charge is 0.372 e. The molecule has 3 rings (SSSR count). The van der Waals surface area contributed by atoms with E-state index in [9.17, 15) is 9.59 Å². The number of nitrogens with zero attached hydrogens (tertiary/aromatic N) is 1. The third-order valence-corrected chi connectivity index (χ3v) is 5.91. The highest BCUT2D eigenvalue weighted by Crippen LogP contribution is 2.49. The summed E-state index contributed by atoms with van der Waals surface area (Å²) < 4.78 is 0. The number of rotatable bonds is 6. The van der Waals surface area contributed by atoms with E-state index in [4.69, 9.17) is 0 Å². The average molecular weight is 343 g/mol. The van der Waals surface area contributed by atoms with Gasteiger partial charge in [0, 0.05) is 30.8 Å². The van der Waals surface area contributed by atoms with E-state index in [1.54, 1.807) is 12.1 Å². The van der Waals surface area contributed by atoms with Gasteiger partial charge >= 0.3 is 0 Å². The molecule has 0 aromatic heterocycles. The molecule has 0 saturated heterocycles. The van der Waals surface area contributed by atoms with Gasteiger partial charge in [0.25, 0.3) is 5.91 Å². The van der Waals surface area contributed by atoms with E-state index < -0.39 is 0 Å². The van der Waals surface area contributed by atoms with Gasteiger partial charge in [0.05, 0.1) is 0 Å². The fourth-order valence-electron chi connectivity index (χ4n) is 4.53. The van der Waals surface area contributed by atoms with Gasteiger partial charge < -0.3 is 4.90 Å². The van der Waals surface area contributed by atoms with Crippen molar-refractivity contribution in [1.82, 2.24) is 10.9 Å². The molecule has 2 saturated carbocycles. The Balaban J connectivity index is 1.46. The number of fused-ring (bicyclic) bond motifs is 2. The molecule has 2 N–H and O–H groups in total. The van der Waals surface area contributed by atoms with Gasteiger partial charge in [0.2, 0.25) is 5.91 Å². The van der Waals surface area contributed by atoms with E-state index in [0.29, 0.717) is 17.9 Å². The first-order valence-corrected chi connectivity index (χ1v) is 9.54. The zero-order valence-corrected chi connectivity index (χ0v) is 15.3. The Morgan fingerprint density at radius 2 is 1.76 bits per heavy atom. The molecule has 5 nitrogen and oxygen atoms in total. The highest BCUT2D eigenvalue weighted by Gasteiger charge is 2.40. The molecule has 0 spiro atoms. The molecule has 2 fully saturated rings. The summed E-state index contributed by atoms with van der Waals surface area (Å²) in [5, 5.41) is 0. The Morgan fingerprint density at radius 1 is 1.04 bits per heavy atom. The lowest BCUT2D eigenvalue weighted by Gasteiger charge is -2.21. The van der Waals surface area contributed by atoms with Crippen molar-refractivity contribution in [3.8, 4) is 0 Å². The third-order valence-electron chi connectivity index (χ3n) is 5.91. The van der Waals surface area contributed by atoms with E-state index in [-0.39, 0.29) is 11.8 Å². The van der Waals surface area contributed by atoms with Crippen LogP contribution in [-0.2, 0) is 4.79 Å². The number of carbonyl (C=O) groups excluding carboxylic acids is 2. The van der Waals surface area contributed by atoms with Crippen molar-refractivity contribution in [3.63, 3.8) is 0 Å². The van der Waals surface area contributed by atoms with Crippen molar-refractivity contribution >= 4 is 17.5 Å². The molecule has 2 aliphatic carbocycles. The Bertz CT molecular complexity index is 610. The van der Waals surface area contributed by atoms with Crippen LogP contribution >= 0.6 is 0 Å². The number of nitrogens with one attached hydrogen (secondary N) is 2. The van der Waals surface area contributed by atoms with E-state index in [0.717, 1.165) is 30.6 Å². The van der Waals surface area contributed by atoms with E-state index in [1.165, 1.54) is 25.7 Å². The minimum Gasteiger partial charge on any atom is -0.372 e. The number of anilines is 1. The molecular formula is C20H29N3O2. The van der Waals surface area contributed by atoms with Crippen LogP contribution in [0.25, 0.3) is 0 Å². The zero-order valence-electron chi connectivity index (χ0n) is 15.3. The van der Waals surface area contributed by atoms with Crippen LogP contribution in [0.15, 0.2) is 24.3 Å². The molecule has 1 aromatic carbocycles. The summed E-state index contributed by atoms with van der Waals surface area (Å²) in [6.45, 7) is 6.08. The molecule has 0 unspecified atom stereocenters. The third kappa shape index (κ3) is 4.14. The monoisotopic (exact) mass is 343 g/mol. The Kier molecular flexibility index (Phi) is 5.61. The van der Waals surface area contributed by atoms with E-state index >= 15 is 0 Å². The summed E-state index contributed by atoms with van der Waals surface area (Å²) in [7, 11) is 0. The maximum Gasteiger partial charge on any atom is 0.269 e. The normalized spacial score (nSPS) is 24.2. The van der Waals surface area contributed by atoms with Crippen molar-refractivity contribution in [3.05, 3.63) is 29.8 Å². The Hall–Kier alpha value is -2.04. The molecule has 0 aliphatic heterocycles. The molecule has 0 heterocycles. The van der Waals surface area contributed by atoms with Gasteiger partial charge in [-0.3, -0.25) is 20.4 Å². The standard InChI is InChI=1S/C20H29N3O2/c1-3-23(4-2)18-9-7-15(8-10-18)20(25)22-21-19(24)13-17-12-14-5-6-16(17)11-14/h7-10,14,16-17H,3-6,11-13H2,1-2H3,(H,21,24)(H,22,25)/t14-,16-,17+/m1/s1. The van der Waals surface area contributed by atoms with Crippen LogP contribution in [0.2, 0.25) is 0 Å². The number of amides is 2. The number of hydrogen-bond acceptors (Lipinski definition) is 3. The second kappa shape index (κ2) is 7.89. The lowest BCUT2D eigenvalue weighted by Crippen LogP contribution is -2.42. The molecule has 2 amide bonds. The highest BCUT2D eigenvalue weighted by molar-refractivity contribution is 5.95. The molecule has 5 heteroatoms. The molecule has 25 heavy (non-hydrogen) atoms. The summed E-state index contributed by atoms with van der Waals surface area (Å²) in [6.07, 6.45) is 5.61. The maximum absolute atomic E-state index is 12.2. The van der Waals surface area contributed by atoms with Crippen molar-refractivity contribution in [1.29, 1.82) is 0 Å². The molecule has 136 valence electrons.